The largest absolute Gasteiger partial charge is 0.481 e. The molecule has 1 unspecified atom stereocenters. The van der Waals surface area contributed by atoms with Crippen molar-refractivity contribution in [1.29, 1.82) is 0 Å². The predicted molar refractivity (Wildman–Crippen MR) is 134 cm³/mol. The van der Waals surface area contributed by atoms with E-state index in [1.165, 1.54) is 12.1 Å². The lowest BCUT2D eigenvalue weighted by atomic mass is 10.0. The van der Waals surface area contributed by atoms with Crippen molar-refractivity contribution in [1.82, 2.24) is 15.3 Å². The van der Waals surface area contributed by atoms with Gasteiger partial charge in [0, 0.05) is 35.3 Å². The van der Waals surface area contributed by atoms with Crippen molar-refractivity contribution in [2.24, 2.45) is 0 Å². The summed E-state index contributed by atoms with van der Waals surface area (Å²) in [4.78, 5) is 53.7. The molecule has 36 heavy (non-hydrogen) atoms. The van der Waals surface area contributed by atoms with Crippen LogP contribution in [0, 0.1) is 0 Å². The van der Waals surface area contributed by atoms with Crippen LogP contribution in [-0.4, -0.2) is 50.6 Å². The summed E-state index contributed by atoms with van der Waals surface area (Å²) in [5.41, 5.74) is 8.34. The molecule has 0 spiro atoms. The molecule has 0 aliphatic heterocycles. The number of aromatic amines is 1. The molecule has 0 saturated carbocycles. The van der Waals surface area contributed by atoms with E-state index in [4.69, 9.17) is 10.8 Å². The first-order valence-corrected chi connectivity index (χ1v) is 11.3. The van der Waals surface area contributed by atoms with Crippen molar-refractivity contribution in [3.63, 3.8) is 0 Å². The van der Waals surface area contributed by atoms with Crippen molar-refractivity contribution in [2.75, 3.05) is 17.6 Å². The minimum absolute atomic E-state index is 0.0569. The molecule has 188 valence electrons. The monoisotopic (exact) mass is 493 g/mol. The molecule has 0 radical (unpaired) electrons. The van der Waals surface area contributed by atoms with E-state index in [0.717, 1.165) is 11.3 Å². The summed E-state index contributed by atoms with van der Waals surface area (Å²) in [6.45, 7) is 0.542. The topological polar surface area (TPSA) is 187 Å². The minimum atomic E-state index is -1.30. The van der Waals surface area contributed by atoms with Gasteiger partial charge in [-0.1, -0.05) is 30.3 Å². The summed E-state index contributed by atoms with van der Waals surface area (Å²) in [7, 11) is 0. The molecule has 7 N–H and O–H groups in total. The fourth-order valence-corrected chi connectivity index (χ4v) is 3.59. The van der Waals surface area contributed by atoms with Gasteiger partial charge in [-0.05, 0) is 43.5 Å². The van der Waals surface area contributed by atoms with Crippen molar-refractivity contribution < 1.29 is 24.6 Å². The number of benzene rings is 2. The molecule has 2 aromatic carbocycles. The maximum atomic E-state index is 12.5. The summed E-state index contributed by atoms with van der Waals surface area (Å²) < 4.78 is 0. The van der Waals surface area contributed by atoms with Crippen molar-refractivity contribution in [2.45, 2.75) is 31.7 Å². The third kappa shape index (κ3) is 7.16. The van der Waals surface area contributed by atoms with Gasteiger partial charge in [0.05, 0.1) is 5.69 Å². The number of amides is 1. The molecule has 11 nitrogen and oxygen atoms in total. The summed E-state index contributed by atoms with van der Waals surface area (Å²) >= 11 is 0. The second-order valence-electron chi connectivity index (χ2n) is 8.05. The second-order valence-corrected chi connectivity index (χ2v) is 8.05. The van der Waals surface area contributed by atoms with Crippen molar-refractivity contribution in [3.8, 4) is 11.3 Å². The molecular weight excluding hydrogens is 466 g/mol. The van der Waals surface area contributed by atoms with Gasteiger partial charge in [0.2, 0.25) is 5.95 Å². The Hall–Kier alpha value is -4.67. The Morgan fingerprint density at radius 3 is 2.36 bits per heavy atom. The lowest BCUT2D eigenvalue weighted by molar-refractivity contribution is -0.140. The Balaban J connectivity index is 1.56. The Labute approximate surface area is 206 Å². The number of carboxylic acids is 2. The van der Waals surface area contributed by atoms with Crippen LogP contribution in [0.1, 0.15) is 35.2 Å². The van der Waals surface area contributed by atoms with E-state index < -0.39 is 23.9 Å². The van der Waals surface area contributed by atoms with Crippen LogP contribution in [0.25, 0.3) is 11.3 Å². The standard InChI is InChI=1S/C25H27N5O6/c26-25-29-21(15-5-2-1-3-6-15)18(23(34)30-25)7-4-14-27-17-10-8-16(9-11-17)22(33)28-19(24(35)36)12-13-20(31)32/h1-3,5-6,8-11,19,27H,4,7,12-14H2,(H,28,33)(H,31,32)(H,35,36)(H3,26,29,30,34). The summed E-state index contributed by atoms with van der Waals surface area (Å²) in [5, 5.41) is 23.5. The highest BCUT2D eigenvalue weighted by atomic mass is 16.4. The number of aromatic nitrogens is 2. The first-order chi connectivity index (χ1) is 17.2. The summed E-state index contributed by atoms with van der Waals surface area (Å²) in [5.74, 6) is -2.99. The fraction of sp³-hybridized carbons (Fsp3) is 0.240. The zero-order valence-electron chi connectivity index (χ0n) is 19.4. The van der Waals surface area contributed by atoms with Crippen LogP contribution in [0.5, 0.6) is 0 Å². The lowest BCUT2D eigenvalue weighted by Gasteiger charge is -2.14. The van der Waals surface area contributed by atoms with Crippen LogP contribution in [0.4, 0.5) is 11.6 Å². The summed E-state index contributed by atoms with van der Waals surface area (Å²) in [6, 6.07) is 14.5. The van der Waals surface area contributed by atoms with E-state index in [1.54, 1.807) is 12.1 Å². The van der Waals surface area contributed by atoms with E-state index in [1.807, 2.05) is 30.3 Å². The maximum Gasteiger partial charge on any atom is 0.326 e. The number of nitrogen functional groups attached to an aromatic ring is 1. The molecule has 1 atom stereocenters. The molecule has 11 heteroatoms. The highest BCUT2D eigenvalue weighted by Crippen LogP contribution is 2.20. The molecule has 1 aromatic heterocycles. The number of rotatable bonds is 12. The van der Waals surface area contributed by atoms with Gasteiger partial charge in [-0.3, -0.25) is 19.4 Å². The average molecular weight is 494 g/mol. The molecule has 0 aliphatic rings. The van der Waals surface area contributed by atoms with E-state index in [9.17, 15) is 24.3 Å². The maximum absolute atomic E-state index is 12.5. The average Bonchev–Trinajstić information content (AvgIpc) is 2.85. The number of carbonyl (C=O) groups excluding carboxylic acids is 1. The number of nitrogens with zero attached hydrogens (tertiary/aromatic N) is 1. The fourth-order valence-electron chi connectivity index (χ4n) is 3.59. The van der Waals surface area contributed by atoms with E-state index >= 15 is 0 Å². The van der Waals surface area contributed by atoms with Gasteiger partial charge in [-0.25, -0.2) is 9.78 Å². The minimum Gasteiger partial charge on any atom is -0.481 e. The number of hydrogen-bond donors (Lipinski definition) is 6. The van der Waals surface area contributed by atoms with E-state index in [-0.39, 0.29) is 29.9 Å². The van der Waals surface area contributed by atoms with Gasteiger partial charge in [-0.2, -0.15) is 0 Å². The van der Waals surface area contributed by atoms with E-state index in [2.05, 4.69) is 20.6 Å². The molecule has 1 heterocycles. The van der Waals surface area contributed by atoms with Gasteiger partial charge in [0.25, 0.3) is 11.5 Å². The van der Waals surface area contributed by atoms with Crippen LogP contribution in [0.15, 0.2) is 59.4 Å². The number of hydrogen-bond acceptors (Lipinski definition) is 7. The molecule has 0 saturated heterocycles. The van der Waals surface area contributed by atoms with Crippen LogP contribution in [0.2, 0.25) is 0 Å². The molecule has 1 amide bonds. The quantitative estimate of drug-likeness (QED) is 0.205. The van der Waals surface area contributed by atoms with Gasteiger partial charge >= 0.3 is 11.9 Å². The highest BCUT2D eigenvalue weighted by Gasteiger charge is 2.21. The highest BCUT2D eigenvalue weighted by molar-refractivity contribution is 5.96. The van der Waals surface area contributed by atoms with Crippen molar-refractivity contribution >= 4 is 29.5 Å². The van der Waals surface area contributed by atoms with Crippen LogP contribution in [-0.2, 0) is 16.0 Å². The van der Waals surface area contributed by atoms with Crippen LogP contribution in [0.3, 0.4) is 0 Å². The normalized spacial score (nSPS) is 11.4. The summed E-state index contributed by atoms with van der Waals surface area (Å²) in [6.07, 6.45) is 0.507. The smallest absolute Gasteiger partial charge is 0.326 e. The zero-order chi connectivity index (χ0) is 26.1. The van der Waals surface area contributed by atoms with Gasteiger partial charge in [0.15, 0.2) is 0 Å². The second kappa shape index (κ2) is 12.2. The van der Waals surface area contributed by atoms with Gasteiger partial charge in [0.1, 0.15) is 6.04 Å². The van der Waals surface area contributed by atoms with Crippen LogP contribution < -0.4 is 21.9 Å². The predicted octanol–water partition coefficient (Wildman–Crippen LogP) is 2.11. The van der Waals surface area contributed by atoms with E-state index in [0.29, 0.717) is 30.6 Å². The number of carbonyl (C=O) groups is 3. The van der Waals surface area contributed by atoms with Gasteiger partial charge < -0.3 is 26.6 Å². The molecule has 3 rings (SSSR count). The van der Waals surface area contributed by atoms with Crippen molar-refractivity contribution in [3.05, 3.63) is 76.1 Å². The lowest BCUT2D eigenvalue weighted by Crippen LogP contribution is -2.41. The Morgan fingerprint density at radius 2 is 1.72 bits per heavy atom. The Morgan fingerprint density at radius 1 is 1.03 bits per heavy atom. The van der Waals surface area contributed by atoms with Gasteiger partial charge in [-0.15, -0.1) is 0 Å². The molecule has 0 fully saturated rings. The number of anilines is 2. The third-order valence-electron chi connectivity index (χ3n) is 5.41. The Bertz CT molecular complexity index is 1270. The number of aliphatic carboxylic acids is 2. The number of nitrogens with two attached hydrogens (primary N) is 1. The Kier molecular flexibility index (Phi) is 8.76. The molecular formula is C25H27N5O6. The molecule has 3 aromatic rings. The number of H-pyrrole nitrogens is 1. The SMILES string of the molecule is Nc1nc(-c2ccccc2)c(CCCNc2ccc(C(=O)NC(CCC(=O)O)C(=O)O)cc2)c(=O)[nH]1. The number of carboxylic acid groups (broad SMARTS) is 2. The first kappa shape index (κ1) is 25.9. The molecule has 0 aliphatic carbocycles. The third-order valence-corrected chi connectivity index (χ3v) is 5.41. The zero-order valence-corrected chi connectivity index (χ0v) is 19.4. The molecule has 0 bridgehead atoms. The number of nitrogens with one attached hydrogen (secondary N) is 3. The van der Waals surface area contributed by atoms with Crippen LogP contribution >= 0.6 is 0 Å². The first-order valence-electron chi connectivity index (χ1n) is 11.3.